The number of nitriles is 1. The first-order valence-corrected chi connectivity index (χ1v) is 9.68. The zero-order valence-corrected chi connectivity index (χ0v) is 16.1. The number of hydrogen-bond acceptors (Lipinski definition) is 3. The van der Waals surface area contributed by atoms with Crippen molar-refractivity contribution >= 4 is 21.5 Å². The van der Waals surface area contributed by atoms with Gasteiger partial charge in [0.15, 0.2) is 0 Å². The molecule has 0 N–H and O–H groups in total. The molecule has 0 bridgehead atoms. The van der Waals surface area contributed by atoms with Crippen molar-refractivity contribution < 1.29 is 9.47 Å². The van der Waals surface area contributed by atoms with Gasteiger partial charge in [0.05, 0.1) is 0 Å². The maximum atomic E-state index is 9.87. The van der Waals surface area contributed by atoms with Gasteiger partial charge in [-0.3, -0.25) is 0 Å². The zero-order chi connectivity index (χ0) is 20.3. The van der Waals surface area contributed by atoms with Gasteiger partial charge in [0, 0.05) is 10.8 Å². The number of benzene rings is 5. The Morgan fingerprint density at radius 3 is 1.37 bits per heavy atom. The van der Waals surface area contributed by atoms with Crippen LogP contribution in [0.4, 0.5) is 0 Å². The van der Waals surface area contributed by atoms with Crippen LogP contribution >= 0.6 is 0 Å². The average Bonchev–Trinajstić information content (AvgIpc) is 2.80. The molecule has 0 aliphatic heterocycles. The van der Waals surface area contributed by atoms with Gasteiger partial charge in [0.1, 0.15) is 34.6 Å². The molecule has 0 radical (unpaired) electrons. The molecule has 0 aliphatic carbocycles. The molecule has 5 aromatic rings. The summed E-state index contributed by atoms with van der Waals surface area (Å²) in [4.78, 5) is 0. The summed E-state index contributed by atoms with van der Waals surface area (Å²) in [7, 11) is 0. The predicted molar refractivity (Wildman–Crippen MR) is 119 cm³/mol. The smallest absolute Gasteiger partial charge is 0.149 e. The molecule has 0 fully saturated rings. The normalized spacial score (nSPS) is 10.6. The van der Waals surface area contributed by atoms with Gasteiger partial charge in [-0.25, -0.2) is 0 Å². The van der Waals surface area contributed by atoms with E-state index in [-0.39, 0.29) is 0 Å². The molecule has 0 atom stereocenters. The van der Waals surface area contributed by atoms with E-state index in [1.807, 2.05) is 91.0 Å². The largest absolute Gasteiger partial charge is 0.455 e. The monoisotopic (exact) mass is 387 g/mol. The Bertz CT molecular complexity index is 1310. The molecule has 0 saturated carbocycles. The van der Waals surface area contributed by atoms with E-state index in [9.17, 15) is 5.26 Å². The van der Waals surface area contributed by atoms with Crippen LogP contribution in [0, 0.1) is 11.3 Å². The van der Waals surface area contributed by atoms with Gasteiger partial charge in [-0.1, -0.05) is 78.9 Å². The van der Waals surface area contributed by atoms with Gasteiger partial charge in [0.2, 0.25) is 0 Å². The highest BCUT2D eigenvalue weighted by molar-refractivity contribution is 5.89. The third-order valence-corrected chi connectivity index (χ3v) is 5.04. The standard InChI is InChI=1S/C27H17NO2/c28-18-23-26(29-24-14-5-10-19-8-1-3-12-21(19)24)16-7-17-27(23)30-25-15-6-11-20-9-2-4-13-22(20)25/h1-17H. The molecule has 5 aromatic carbocycles. The van der Waals surface area contributed by atoms with E-state index in [2.05, 4.69) is 6.07 Å². The fourth-order valence-corrected chi connectivity index (χ4v) is 3.60. The second kappa shape index (κ2) is 7.62. The Labute approximate surface area is 174 Å². The fourth-order valence-electron chi connectivity index (χ4n) is 3.60. The number of ether oxygens (including phenoxy) is 2. The highest BCUT2D eigenvalue weighted by Crippen LogP contribution is 2.37. The van der Waals surface area contributed by atoms with Crippen molar-refractivity contribution in [2.45, 2.75) is 0 Å². The van der Waals surface area contributed by atoms with Crippen molar-refractivity contribution in [3.05, 3.63) is 109 Å². The maximum absolute atomic E-state index is 9.87. The summed E-state index contributed by atoms with van der Waals surface area (Å²) in [6.45, 7) is 0. The molecule has 0 saturated heterocycles. The molecule has 3 nitrogen and oxygen atoms in total. The minimum absolute atomic E-state index is 0.360. The van der Waals surface area contributed by atoms with Crippen molar-refractivity contribution in [3.8, 4) is 29.1 Å². The number of fused-ring (bicyclic) bond motifs is 2. The number of rotatable bonds is 4. The lowest BCUT2D eigenvalue weighted by Gasteiger charge is -2.14. The Hall–Kier alpha value is -4.29. The van der Waals surface area contributed by atoms with Crippen LogP contribution in [-0.2, 0) is 0 Å². The third-order valence-electron chi connectivity index (χ3n) is 5.04. The zero-order valence-electron chi connectivity index (χ0n) is 16.1. The second-order valence-corrected chi connectivity index (χ2v) is 6.90. The topological polar surface area (TPSA) is 42.2 Å². The minimum atomic E-state index is 0.360. The average molecular weight is 387 g/mol. The van der Waals surface area contributed by atoms with Gasteiger partial charge >= 0.3 is 0 Å². The molecular formula is C27H17NO2. The van der Waals surface area contributed by atoms with Gasteiger partial charge in [-0.2, -0.15) is 5.26 Å². The number of nitrogens with zero attached hydrogens (tertiary/aromatic N) is 1. The van der Waals surface area contributed by atoms with Crippen molar-refractivity contribution in [1.29, 1.82) is 5.26 Å². The van der Waals surface area contributed by atoms with Crippen LogP contribution in [-0.4, -0.2) is 0 Å². The molecule has 0 amide bonds. The van der Waals surface area contributed by atoms with E-state index in [4.69, 9.17) is 9.47 Å². The van der Waals surface area contributed by atoms with Crippen molar-refractivity contribution in [3.63, 3.8) is 0 Å². The van der Waals surface area contributed by atoms with Crippen LogP contribution in [0.1, 0.15) is 5.56 Å². The van der Waals surface area contributed by atoms with Crippen LogP contribution in [0.25, 0.3) is 21.5 Å². The summed E-state index contributed by atoms with van der Waals surface area (Å²) in [6, 6.07) is 35.4. The summed E-state index contributed by atoms with van der Waals surface area (Å²) >= 11 is 0. The van der Waals surface area contributed by atoms with E-state index < -0.39 is 0 Å². The van der Waals surface area contributed by atoms with Crippen LogP contribution < -0.4 is 9.47 Å². The molecule has 5 rings (SSSR count). The van der Waals surface area contributed by atoms with Crippen LogP contribution in [0.5, 0.6) is 23.0 Å². The van der Waals surface area contributed by atoms with E-state index in [0.29, 0.717) is 28.6 Å². The Morgan fingerprint density at radius 1 is 0.467 bits per heavy atom. The molecular weight excluding hydrogens is 370 g/mol. The molecule has 3 heteroatoms. The predicted octanol–water partition coefficient (Wildman–Crippen LogP) is 7.45. The molecule has 0 spiro atoms. The van der Waals surface area contributed by atoms with Gasteiger partial charge in [-0.05, 0) is 35.0 Å². The molecule has 0 heterocycles. The van der Waals surface area contributed by atoms with Gasteiger partial charge in [0.25, 0.3) is 0 Å². The summed E-state index contributed by atoms with van der Waals surface area (Å²) in [5, 5.41) is 14.0. The highest BCUT2D eigenvalue weighted by Gasteiger charge is 2.14. The minimum Gasteiger partial charge on any atom is -0.455 e. The lowest BCUT2D eigenvalue weighted by Crippen LogP contribution is -1.94. The fraction of sp³-hybridized carbons (Fsp3) is 0. The third kappa shape index (κ3) is 3.21. The first-order valence-electron chi connectivity index (χ1n) is 9.68. The van der Waals surface area contributed by atoms with Crippen molar-refractivity contribution in [2.75, 3.05) is 0 Å². The maximum Gasteiger partial charge on any atom is 0.149 e. The van der Waals surface area contributed by atoms with E-state index in [1.165, 1.54) is 0 Å². The Kier molecular flexibility index (Phi) is 4.51. The molecule has 0 unspecified atom stereocenters. The van der Waals surface area contributed by atoms with E-state index in [1.54, 1.807) is 12.1 Å². The highest BCUT2D eigenvalue weighted by atomic mass is 16.5. The van der Waals surface area contributed by atoms with Crippen LogP contribution in [0.3, 0.4) is 0 Å². The van der Waals surface area contributed by atoms with Crippen LogP contribution in [0.15, 0.2) is 103 Å². The summed E-state index contributed by atoms with van der Waals surface area (Å²) in [6.07, 6.45) is 0. The lowest BCUT2D eigenvalue weighted by molar-refractivity contribution is 0.463. The summed E-state index contributed by atoms with van der Waals surface area (Å²) in [5.41, 5.74) is 0.360. The summed E-state index contributed by atoms with van der Waals surface area (Å²) in [5.74, 6) is 2.33. The van der Waals surface area contributed by atoms with Gasteiger partial charge < -0.3 is 9.47 Å². The Morgan fingerprint density at radius 2 is 0.867 bits per heavy atom. The summed E-state index contributed by atoms with van der Waals surface area (Å²) < 4.78 is 12.4. The van der Waals surface area contributed by atoms with Crippen LogP contribution in [0.2, 0.25) is 0 Å². The second-order valence-electron chi connectivity index (χ2n) is 6.90. The first kappa shape index (κ1) is 17.8. The Balaban J connectivity index is 1.56. The lowest BCUT2D eigenvalue weighted by atomic mass is 10.1. The quantitative estimate of drug-likeness (QED) is 0.322. The van der Waals surface area contributed by atoms with Crippen molar-refractivity contribution in [2.24, 2.45) is 0 Å². The first-order chi connectivity index (χ1) is 14.8. The SMILES string of the molecule is N#Cc1c(Oc2cccc3ccccc23)cccc1Oc1cccc2ccccc12. The van der Waals surface area contributed by atoms with Gasteiger partial charge in [-0.15, -0.1) is 0 Å². The number of hydrogen-bond donors (Lipinski definition) is 0. The molecule has 0 aromatic heterocycles. The molecule has 30 heavy (non-hydrogen) atoms. The van der Waals surface area contributed by atoms with Crippen molar-refractivity contribution in [1.82, 2.24) is 0 Å². The van der Waals surface area contributed by atoms with E-state index in [0.717, 1.165) is 21.5 Å². The molecule has 0 aliphatic rings. The van der Waals surface area contributed by atoms with E-state index >= 15 is 0 Å². The molecule has 142 valence electrons.